The molecule has 0 aliphatic heterocycles. The van der Waals surface area contributed by atoms with Crippen molar-refractivity contribution in [1.29, 1.82) is 0 Å². The smallest absolute Gasteiger partial charge is 0.164 e. The van der Waals surface area contributed by atoms with E-state index in [9.17, 15) is 0 Å². The number of hydrogen-bond donors (Lipinski definition) is 0. The Morgan fingerprint density at radius 3 is 2.07 bits per heavy atom. The first-order valence-electron chi connectivity index (χ1n) is 14.8. The zero-order chi connectivity index (χ0) is 28.8. The van der Waals surface area contributed by atoms with Gasteiger partial charge in [-0.25, -0.2) is 9.97 Å². The highest BCUT2D eigenvalue weighted by atomic mass is 32.1. The highest BCUT2D eigenvalue weighted by Crippen LogP contribution is 2.44. The van der Waals surface area contributed by atoms with Gasteiger partial charge in [0.25, 0.3) is 0 Å². The van der Waals surface area contributed by atoms with Gasteiger partial charge in [0.05, 0.1) is 16.8 Å². The van der Waals surface area contributed by atoms with E-state index in [4.69, 9.17) is 14.4 Å². The lowest BCUT2D eigenvalue weighted by atomic mass is 9.97. The Labute approximate surface area is 255 Å². The summed E-state index contributed by atoms with van der Waals surface area (Å²) in [6.45, 7) is 0. The molecule has 3 aromatic heterocycles. The number of nitrogens with zero attached hydrogens (tertiary/aromatic N) is 2. The summed E-state index contributed by atoms with van der Waals surface area (Å²) in [6.07, 6.45) is 0. The van der Waals surface area contributed by atoms with E-state index in [1.165, 1.54) is 41.7 Å². The van der Waals surface area contributed by atoms with Crippen molar-refractivity contribution < 1.29 is 4.42 Å². The maximum absolute atomic E-state index is 6.48. The van der Waals surface area contributed by atoms with Crippen LogP contribution in [0.2, 0.25) is 0 Å². The SMILES string of the molecule is c1ccc2c(-c3nc(-c4cccc5c4oc4ccccc45)nc4c3ccc3sc5c6ccccc6ccc5c34)cccc2c1. The molecule has 0 spiro atoms. The molecule has 10 aromatic rings. The van der Waals surface area contributed by atoms with E-state index in [2.05, 4.69) is 121 Å². The molecule has 0 fully saturated rings. The fourth-order valence-electron chi connectivity index (χ4n) is 6.86. The van der Waals surface area contributed by atoms with Crippen molar-refractivity contribution in [3.63, 3.8) is 0 Å². The first-order chi connectivity index (χ1) is 21.8. The predicted octanol–water partition coefficient (Wildman–Crippen LogP) is 11.5. The van der Waals surface area contributed by atoms with Crippen molar-refractivity contribution in [2.24, 2.45) is 0 Å². The summed E-state index contributed by atoms with van der Waals surface area (Å²) >= 11 is 1.84. The lowest BCUT2D eigenvalue weighted by molar-refractivity contribution is 0.669. The van der Waals surface area contributed by atoms with Gasteiger partial charge in [0.1, 0.15) is 11.2 Å². The molecule has 44 heavy (non-hydrogen) atoms. The van der Waals surface area contributed by atoms with Crippen molar-refractivity contribution in [3.05, 3.63) is 133 Å². The predicted molar refractivity (Wildman–Crippen MR) is 186 cm³/mol. The highest BCUT2D eigenvalue weighted by molar-refractivity contribution is 7.26. The van der Waals surface area contributed by atoms with Crippen molar-refractivity contribution in [3.8, 4) is 22.6 Å². The maximum Gasteiger partial charge on any atom is 0.164 e. The van der Waals surface area contributed by atoms with Gasteiger partial charge in [0.2, 0.25) is 0 Å². The van der Waals surface area contributed by atoms with Crippen LogP contribution in [0.5, 0.6) is 0 Å². The molecule has 0 saturated heterocycles. The zero-order valence-electron chi connectivity index (χ0n) is 23.4. The summed E-state index contributed by atoms with van der Waals surface area (Å²) < 4.78 is 8.99. The van der Waals surface area contributed by atoms with E-state index in [1.54, 1.807) is 0 Å². The fraction of sp³-hybridized carbons (Fsp3) is 0. The Bertz CT molecular complexity index is 2780. The molecule has 0 aliphatic carbocycles. The van der Waals surface area contributed by atoms with E-state index >= 15 is 0 Å². The van der Waals surface area contributed by atoms with Crippen molar-refractivity contribution in [1.82, 2.24) is 9.97 Å². The van der Waals surface area contributed by atoms with E-state index < -0.39 is 0 Å². The summed E-state index contributed by atoms with van der Waals surface area (Å²) in [5.74, 6) is 0.665. The Balaban J connectivity index is 1.38. The average molecular weight is 579 g/mol. The Morgan fingerprint density at radius 1 is 0.477 bits per heavy atom. The molecule has 10 rings (SSSR count). The van der Waals surface area contributed by atoms with Crippen molar-refractivity contribution in [2.45, 2.75) is 0 Å². The summed E-state index contributed by atoms with van der Waals surface area (Å²) in [6, 6.07) is 47.0. The minimum atomic E-state index is 0.665. The molecule has 0 saturated carbocycles. The second-order valence-corrected chi connectivity index (χ2v) is 12.4. The molecule has 0 bridgehead atoms. The topological polar surface area (TPSA) is 38.9 Å². The molecule has 3 nitrogen and oxygen atoms in total. The molecule has 0 N–H and O–H groups in total. The molecule has 3 heterocycles. The van der Waals surface area contributed by atoms with Gasteiger partial charge in [-0.05, 0) is 45.8 Å². The van der Waals surface area contributed by atoms with Crippen LogP contribution in [0.3, 0.4) is 0 Å². The van der Waals surface area contributed by atoms with Crippen molar-refractivity contribution in [2.75, 3.05) is 0 Å². The molecular weight excluding hydrogens is 557 g/mol. The molecule has 0 radical (unpaired) electrons. The van der Waals surface area contributed by atoms with E-state index in [0.717, 1.165) is 49.7 Å². The van der Waals surface area contributed by atoms with Gasteiger partial charge >= 0.3 is 0 Å². The van der Waals surface area contributed by atoms with E-state index in [-0.39, 0.29) is 0 Å². The number of thiophene rings is 1. The van der Waals surface area contributed by atoms with Crippen LogP contribution in [-0.2, 0) is 0 Å². The third-order valence-electron chi connectivity index (χ3n) is 8.88. The minimum absolute atomic E-state index is 0.665. The van der Waals surface area contributed by atoms with Crippen LogP contribution in [0, 0.1) is 0 Å². The Hall–Kier alpha value is -5.58. The third kappa shape index (κ3) is 3.31. The van der Waals surface area contributed by atoms with Gasteiger partial charge in [0, 0.05) is 41.9 Å². The van der Waals surface area contributed by atoms with Crippen LogP contribution in [-0.4, -0.2) is 9.97 Å². The summed E-state index contributed by atoms with van der Waals surface area (Å²) in [7, 11) is 0. The van der Waals surface area contributed by atoms with Crippen LogP contribution in [0.1, 0.15) is 0 Å². The maximum atomic E-state index is 6.48. The monoisotopic (exact) mass is 578 g/mol. The van der Waals surface area contributed by atoms with Crippen LogP contribution in [0.25, 0.3) is 97.2 Å². The second-order valence-electron chi connectivity index (χ2n) is 11.3. The Kier molecular flexibility index (Phi) is 4.87. The molecule has 0 amide bonds. The number of fused-ring (bicyclic) bond motifs is 11. The van der Waals surface area contributed by atoms with Crippen LogP contribution in [0.15, 0.2) is 138 Å². The number of hydrogen-bond acceptors (Lipinski definition) is 4. The highest BCUT2D eigenvalue weighted by Gasteiger charge is 2.21. The molecule has 204 valence electrons. The molecule has 4 heteroatoms. The number of rotatable bonds is 2. The van der Waals surface area contributed by atoms with E-state index in [1.807, 2.05) is 23.5 Å². The lowest BCUT2D eigenvalue weighted by Gasteiger charge is -2.13. The molecular formula is C40H22N2OS. The summed E-state index contributed by atoms with van der Waals surface area (Å²) in [5, 5.41) is 10.5. The molecule has 7 aromatic carbocycles. The Morgan fingerprint density at radius 2 is 1.16 bits per heavy atom. The number of furan rings is 1. The third-order valence-corrected chi connectivity index (χ3v) is 10.1. The van der Waals surface area contributed by atoms with E-state index in [0.29, 0.717) is 5.82 Å². The number of aromatic nitrogens is 2. The molecule has 0 unspecified atom stereocenters. The zero-order valence-corrected chi connectivity index (χ0v) is 24.2. The fourth-order valence-corrected chi connectivity index (χ4v) is 8.10. The quantitative estimate of drug-likeness (QED) is 0.205. The van der Waals surface area contributed by atoms with Crippen LogP contribution < -0.4 is 0 Å². The molecule has 0 atom stereocenters. The lowest BCUT2D eigenvalue weighted by Crippen LogP contribution is -1.96. The van der Waals surface area contributed by atoms with Gasteiger partial charge in [-0.2, -0.15) is 0 Å². The number of para-hydroxylation sites is 2. The summed E-state index contributed by atoms with van der Waals surface area (Å²) in [5.41, 5.74) is 5.55. The van der Waals surface area contributed by atoms with Crippen molar-refractivity contribution >= 4 is 85.9 Å². The van der Waals surface area contributed by atoms with Gasteiger partial charge in [-0.3, -0.25) is 0 Å². The summed E-state index contributed by atoms with van der Waals surface area (Å²) in [4.78, 5) is 10.8. The normalized spacial score (nSPS) is 12.1. The second kappa shape index (κ2) is 8.96. The largest absolute Gasteiger partial charge is 0.455 e. The van der Waals surface area contributed by atoms with Gasteiger partial charge in [0.15, 0.2) is 5.82 Å². The minimum Gasteiger partial charge on any atom is -0.455 e. The average Bonchev–Trinajstić information content (AvgIpc) is 3.67. The number of benzene rings is 7. The van der Waals surface area contributed by atoms with Gasteiger partial charge in [-0.15, -0.1) is 11.3 Å². The molecule has 0 aliphatic rings. The first-order valence-corrected chi connectivity index (χ1v) is 15.6. The standard InChI is InChI=1S/C40H22N2OS/c1-3-12-25-23(9-1)11-7-15-28(25)36-31-21-22-34-35(30-20-19-24-10-2-4-13-26(24)39(30)44-34)37(31)42-40(41-36)32-17-8-16-29-27-14-5-6-18-33(27)43-38(29)32/h1-22H. The van der Waals surface area contributed by atoms with Gasteiger partial charge in [-0.1, -0.05) is 109 Å². The van der Waals surface area contributed by atoms with Crippen LogP contribution in [0.4, 0.5) is 0 Å². The van der Waals surface area contributed by atoms with Gasteiger partial charge < -0.3 is 4.42 Å². The first kappa shape index (κ1) is 23.9. The van der Waals surface area contributed by atoms with Crippen LogP contribution >= 0.6 is 11.3 Å².